The highest BCUT2D eigenvalue weighted by Crippen LogP contribution is 2.04. The van der Waals surface area contributed by atoms with E-state index in [1.807, 2.05) is 30.3 Å². The van der Waals surface area contributed by atoms with E-state index in [0.717, 1.165) is 5.56 Å². The van der Waals surface area contributed by atoms with E-state index < -0.39 is 48.3 Å². The van der Waals surface area contributed by atoms with Crippen LogP contribution in [-0.2, 0) is 30.5 Å². The van der Waals surface area contributed by atoms with Gasteiger partial charge in [-0.1, -0.05) is 36.8 Å². The molecule has 0 saturated heterocycles. The lowest BCUT2D eigenvalue weighted by Crippen LogP contribution is -2.56. The van der Waals surface area contributed by atoms with Gasteiger partial charge in [0, 0.05) is 6.42 Å². The first-order chi connectivity index (χ1) is 15.2. The Kier molecular flexibility index (Phi) is 12.6. The molecule has 0 unspecified atom stereocenters. The zero-order chi connectivity index (χ0) is 23.9. The molecule has 3 atom stereocenters. The summed E-state index contributed by atoms with van der Waals surface area (Å²) in [7, 11) is 0. The van der Waals surface area contributed by atoms with Crippen LogP contribution in [-0.4, -0.2) is 65.2 Å². The molecule has 1 rings (SSSR count). The fourth-order valence-electron chi connectivity index (χ4n) is 2.77. The van der Waals surface area contributed by atoms with Gasteiger partial charge in [-0.05, 0) is 31.4 Å². The van der Waals surface area contributed by atoms with Crippen molar-refractivity contribution in [1.29, 1.82) is 0 Å². The smallest absolute Gasteiger partial charge is 0.326 e. The molecule has 0 aliphatic rings. The zero-order valence-electron chi connectivity index (χ0n) is 17.9. The minimum Gasteiger partial charge on any atom is -0.481 e. The molecule has 0 aromatic heterocycles. The topological polar surface area (TPSA) is 194 Å². The molecule has 178 valence electrons. The first-order valence-electron chi connectivity index (χ1n) is 10.4. The highest BCUT2D eigenvalue weighted by molar-refractivity contribution is 5.92. The number of rotatable bonds is 16. The van der Waals surface area contributed by atoms with Crippen molar-refractivity contribution in [2.24, 2.45) is 11.5 Å². The highest BCUT2D eigenvalue weighted by Gasteiger charge is 2.28. The molecule has 0 aliphatic carbocycles. The number of unbranched alkanes of at least 4 members (excludes halogenated alkanes) is 1. The summed E-state index contributed by atoms with van der Waals surface area (Å²) in [5.74, 6) is -3.96. The van der Waals surface area contributed by atoms with Gasteiger partial charge in [0.25, 0.3) is 0 Å². The fourth-order valence-corrected chi connectivity index (χ4v) is 2.77. The van der Waals surface area contributed by atoms with Crippen LogP contribution in [0.25, 0.3) is 0 Å². The molecule has 1 aromatic rings. The van der Waals surface area contributed by atoms with Gasteiger partial charge in [0.1, 0.15) is 12.1 Å². The SMILES string of the molecule is NCCCC[C@H](N)C(=O)N[C@@H](COCc1ccccc1)C(=O)N[C@@H](CCC(=O)O)C(=O)O. The third-order valence-electron chi connectivity index (χ3n) is 4.60. The maximum Gasteiger partial charge on any atom is 0.326 e. The number of carboxylic acids is 2. The van der Waals surface area contributed by atoms with E-state index in [-0.39, 0.29) is 19.6 Å². The highest BCUT2D eigenvalue weighted by atomic mass is 16.5. The summed E-state index contributed by atoms with van der Waals surface area (Å²) >= 11 is 0. The number of amides is 2. The first kappa shape index (κ1) is 27.0. The summed E-state index contributed by atoms with van der Waals surface area (Å²) < 4.78 is 5.55. The number of carbonyl (C=O) groups excluding carboxylic acids is 2. The van der Waals surface area contributed by atoms with E-state index in [1.165, 1.54) is 0 Å². The molecule has 0 bridgehead atoms. The van der Waals surface area contributed by atoms with Crippen LogP contribution in [0.5, 0.6) is 0 Å². The molecular weight excluding hydrogens is 420 g/mol. The van der Waals surface area contributed by atoms with Crippen LogP contribution in [0, 0.1) is 0 Å². The van der Waals surface area contributed by atoms with Crippen LogP contribution < -0.4 is 22.1 Å². The van der Waals surface area contributed by atoms with E-state index in [1.54, 1.807) is 0 Å². The van der Waals surface area contributed by atoms with E-state index in [0.29, 0.717) is 25.8 Å². The zero-order valence-corrected chi connectivity index (χ0v) is 17.9. The van der Waals surface area contributed by atoms with Crippen molar-refractivity contribution in [3.8, 4) is 0 Å². The van der Waals surface area contributed by atoms with E-state index >= 15 is 0 Å². The number of carboxylic acid groups (broad SMARTS) is 2. The number of ether oxygens (including phenoxy) is 1. The summed E-state index contributed by atoms with van der Waals surface area (Å²) in [5, 5.41) is 22.8. The first-order valence-corrected chi connectivity index (χ1v) is 10.4. The van der Waals surface area contributed by atoms with Gasteiger partial charge in [0.15, 0.2) is 0 Å². The normalized spacial score (nSPS) is 13.6. The molecular formula is C21H32N4O7. The van der Waals surface area contributed by atoms with Crippen molar-refractivity contribution in [2.45, 2.75) is 56.8 Å². The van der Waals surface area contributed by atoms with Crippen molar-refractivity contribution < 1.29 is 34.1 Å². The van der Waals surface area contributed by atoms with Crippen LogP contribution in [0.1, 0.15) is 37.7 Å². The number of nitrogens with two attached hydrogens (primary N) is 2. The Hall–Kier alpha value is -3.02. The summed E-state index contributed by atoms with van der Waals surface area (Å²) in [6.45, 7) is 0.414. The quantitative estimate of drug-likeness (QED) is 0.181. The molecule has 2 amide bonds. The number of aliphatic carboxylic acids is 2. The monoisotopic (exact) mass is 452 g/mol. The van der Waals surface area contributed by atoms with Gasteiger partial charge in [-0.15, -0.1) is 0 Å². The minimum atomic E-state index is -1.43. The third kappa shape index (κ3) is 10.8. The van der Waals surface area contributed by atoms with Gasteiger partial charge >= 0.3 is 11.9 Å². The molecule has 0 heterocycles. The second kappa shape index (κ2) is 14.9. The number of nitrogens with one attached hydrogen (secondary N) is 2. The molecule has 0 aliphatic heterocycles. The van der Waals surface area contributed by atoms with Crippen LogP contribution in [0.15, 0.2) is 30.3 Å². The Bertz CT molecular complexity index is 745. The van der Waals surface area contributed by atoms with Gasteiger partial charge in [-0.25, -0.2) is 4.79 Å². The van der Waals surface area contributed by atoms with Crippen molar-refractivity contribution in [3.05, 3.63) is 35.9 Å². The third-order valence-corrected chi connectivity index (χ3v) is 4.60. The van der Waals surface area contributed by atoms with Crippen LogP contribution in [0.2, 0.25) is 0 Å². The molecule has 11 nitrogen and oxygen atoms in total. The number of benzene rings is 1. The average Bonchev–Trinajstić information content (AvgIpc) is 2.76. The van der Waals surface area contributed by atoms with Crippen molar-refractivity contribution in [3.63, 3.8) is 0 Å². The molecule has 0 radical (unpaired) electrons. The van der Waals surface area contributed by atoms with Gasteiger partial charge < -0.3 is 37.1 Å². The van der Waals surface area contributed by atoms with Crippen molar-refractivity contribution >= 4 is 23.8 Å². The predicted octanol–water partition coefficient (Wildman–Crippen LogP) is -0.421. The Balaban J connectivity index is 2.79. The molecule has 1 aromatic carbocycles. The van der Waals surface area contributed by atoms with Gasteiger partial charge in [-0.2, -0.15) is 0 Å². The average molecular weight is 453 g/mol. The summed E-state index contributed by atoms with van der Waals surface area (Å²) in [4.78, 5) is 47.2. The number of hydrogen-bond donors (Lipinski definition) is 6. The lowest BCUT2D eigenvalue weighted by molar-refractivity contribution is -0.143. The lowest BCUT2D eigenvalue weighted by atomic mass is 10.1. The molecule has 11 heteroatoms. The Labute approximate surface area is 186 Å². The van der Waals surface area contributed by atoms with E-state index in [9.17, 15) is 24.3 Å². The number of hydrogen-bond acceptors (Lipinski definition) is 7. The Morgan fingerprint density at radius 2 is 1.59 bits per heavy atom. The van der Waals surface area contributed by atoms with E-state index in [2.05, 4.69) is 10.6 Å². The summed E-state index contributed by atoms with van der Waals surface area (Å²) in [6, 6.07) is 5.64. The van der Waals surface area contributed by atoms with Crippen molar-refractivity contribution in [2.75, 3.05) is 13.2 Å². The largest absolute Gasteiger partial charge is 0.481 e. The lowest BCUT2D eigenvalue weighted by Gasteiger charge is -2.23. The van der Waals surface area contributed by atoms with E-state index in [4.69, 9.17) is 21.3 Å². The summed E-state index contributed by atoms with van der Waals surface area (Å²) in [6.07, 6.45) is 0.974. The maximum absolute atomic E-state index is 12.7. The van der Waals surface area contributed by atoms with Gasteiger partial charge in [0.05, 0.1) is 19.3 Å². The fraction of sp³-hybridized carbons (Fsp3) is 0.524. The van der Waals surface area contributed by atoms with Crippen LogP contribution in [0.4, 0.5) is 0 Å². The van der Waals surface area contributed by atoms with Gasteiger partial charge in [0.2, 0.25) is 11.8 Å². The van der Waals surface area contributed by atoms with Crippen molar-refractivity contribution in [1.82, 2.24) is 10.6 Å². The summed E-state index contributed by atoms with van der Waals surface area (Å²) in [5.41, 5.74) is 12.2. The molecule has 32 heavy (non-hydrogen) atoms. The molecule has 0 spiro atoms. The standard InChI is InChI=1S/C21H32N4O7/c22-11-5-4-8-15(23)19(28)25-17(13-32-12-14-6-2-1-3-7-14)20(29)24-16(21(30)31)9-10-18(26)27/h1-3,6-7,15-17H,4-5,8-13,22-23H2,(H,24,29)(H,25,28)(H,26,27)(H,30,31)/t15-,16-,17-/m0/s1. The Morgan fingerprint density at radius 3 is 2.19 bits per heavy atom. The Morgan fingerprint density at radius 1 is 0.938 bits per heavy atom. The number of carbonyl (C=O) groups is 4. The maximum atomic E-state index is 12.7. The second-order valence-corrected chi connectivity index (χ2v) is 7.28. The van der Waals surface area contributed by atoms with Crippen LogP contribution >= 0.6 is 0 Å². The minimum absolute atomic E-state index is 0.171. The molecule has 0 saturated carbocycles. The predicted molar refractivity (Wildman–Crippen MR) is 115 cm³/mol. The van der Waals surface area contributed by atoms with Crippen LogP contribution in [0.3, 0.4) is 0 Å². The van der Waals surface area contributed by atoms with Gasteiger partial charge in [-0.3, -0.25) is 14.4 Å². The molecule has 0 fully saturated rings. The second-order valence-electron chi connectivity index (χ2n) is 7.28. The molecule has 8 N–H and O–H groups in total.